The zero-order valence-corrected chi connectivity index (χ0v) is 8.89. The smallest absolute Gasteiger partial charge is 0.0948 e. The molecule has 3 heteroatoms. The van der Waals surface area contributed by atoms with E-state index in [0.717, 1.165) is 0 Å². The van der Waals surface area contributed by atoms with Gasteiger partial charge in [-0.3, -0.25) is 0 Å². The Morgan fingerprint density at radius 2 is 2.07 bits per heavy atom. The third kappa shape index (κ3) is 2.56. The molecule has 0 spiro atoms. The number of hydrogen-bond acceptors (Lipinski definition) is 3. The van der Waals surface area contributed by atoms with Crippen molar-refractivity contribution in [3.8, 4) is 0 Å². The van der Waals surface area contributed by atoms with E-state index in [1.807, 2.05) is 18.2 Å². The quantitative estimate of drug-likeness (QED) is 0.779. The summed E-state index contributed by atoms with van der Waals surface area (Å²) in [7, 11) is 0. The molecule has 1 heterocycles. The highest BCUT2D eigenvalue weighted by Crippen LogP contribution is 2.15. The normalized spacial score (nSPS) is 27.9. The Balaban J connectivity index is 1.95. The molecule has 0 bridgehead atoms. The highest BCUT2D eigenvalue weighted by molar-refractivity contribution is 5.18. The van der Waals surface area contributed by atoms with Gasteiger partial charge in [0.2, 0.25) is 0 Å². The molecule has 0 radical (unpaired) electrons. The van der Waals surface area contributed by atoms with Crippen molar-refractivity contribution in [3.05, 3.63) is 35.9 Å². The fourth-order valence-electron chi connectivity index (χ4n) is 1.86. The monoisotopic (exact) mass is 207 g/mol. The Labute approximate surface area is 90.1 Å². The van der Waals surface area contributed by atoms with Gasteiger partial charge in [-0.15, -0.1) is 0 Å². The van der Waals surface area contributed by atoms with Crippen LogP contribution in [0.25, 0.3) is 0 Å². The van der Waals surface area contributed by atoms with Gasteiger partial charge in [-0.05, 0) is 12.5 Å². The molecule has 2 N–H and O–H groups in total. The van der Waals surface area contributed by atoms with Crippen LogP contribution in [0.3, 0.4) is 0 Å². The average Bonchev–Trinajstić information content (AvgIpc) is 2.66. The van der Waals surface area contributed by atoms with Crippen LogP contribution in [0.4, 0.5) is 0 Å². The van der Waals surface area contributed by atoms with Crippen LogP contribution in [-0.4, -0.2) is 30.5 Å². The molecule has 1 fully saturated rings. The van der Waals surface area contributed by atoms with E-state index in [4.69, 9.17) is 4.74 Å². The molecule has 3 nitrogen and oxygen atoms in total. The minimum atomic E-state index is -0.379. The fourth-order valence-corrected chi connectivity index (χ4v) is 1.86. The highest BCUT2D eigenvalue weighted by atomic mass is 16.5. The topological polar surface area (TPSA) is 41.5 Å². The maximum Gasteiger partial charge on any atom is 0.0948 e. The van der Waals surface area contributed by atoms with E-state index in [2.05, 4.69) is 24.4 Å². The first kappa shape index (κ1) is 10.6. The molecule has 82 valence electrons. The maximum atomic E-state index is 9.60. The molecule has 3 atom stereocenters. The van der Waals surface area contributed by atoms with Gasteiger partial charge in [0.05, 0.1) is 25.4 Å². The molecular formula is C12H17NO2. The molecule has 0 amide bonds. The molecule has 1 aromatic carbocycles. The van der Waals surface area contributed by atoms with E-state index >= 15 is 0 Å². The molecule has 0 aromatic heterocycles. The second kappa shape index (κ2) is 4.75. The summed E-state index contributed by atoms with van der Waals surface area (Å²) in [6, 6.07) is 10.5. The van der Waals surface area contributed by atoms with Gasteiger partial charge in [0, 0.05) is 6.04 Å². The van der Waals surface area contributed by atoms with Gasteiger partial charge in [-0.2, -0.15) is 0 Å². The number of rotatable bonds is 3. The Kier molecular flexibility index (Phi) is 3.36. The van der Waals surface area contributed by atoms with Crippen molar-refractivity contribution in [1.29, 1.82) is 0 Å². The van der Waals surface area contributed by atoms with Crippen molar-refractivity contribution in [1.82, 2.24) is 5.32 Å². The molecule has 1 aliphatic rings. The van der Waals surface area contributed by atoms with Gasteiger partial charge in [0.1, 0.15) is 0 Å². The van der Waals surface area contributed by atoms with Crippen LogP contribution in [-0.2, 0) is 4.74 Å². The second-order valence-electron chi connectivity index (χ2n) is 4.01. The van der Waals surface area contributed by atoms with E-state index in [0.29, 0.717) is 13.2 Å². The van der Waals surface area contributed by atoms with Gasteiger partial charge >= 0.3 is 0 Å². The van der Waals surface area contributed by atoms with Gasteiger partial charge in [-0.1, -0.05) is 30.3 Å². The lowest BCUT2D eigenvalue weighted by Gasteiger charge is -2.20. The van der Waals surface area contributed by atoms with Crippen molar-refractivity contribution in [2.75, 3.05) is 13.2 Å². The van der Waals surface area contributed by atoms with E-state index in [9.17, 15) is 5.11 Å². The summed E-state index contributed by atoms with van der Waals surface area (Å²) >= 11 is 0. The van der Waals surface area contributed by atoms with Crippen molar-refractivity contribution in [3.63, 3.8) is 0 Å². The lowest BCUT2D eigenvalue weighted by atomic mass is 10.1. The first-order valence-corrected chi connectivity index (χ1v) is 5.34. The number of aliphatic hydroxyl groups is 1. The minimum Gasteiger partial charge on any atom is -0.389 e. The molecule has 2 unspecified atom stereocenters. The summed E-state index contributed by atoms with van der Waals surface area (Å²) in [6.07, 6.45) is -0.379. The van der Waals surface area contributed by atoms with Crippen molar-refractivity contribution >= 4 is 0 Å². The number of benzene rings is 1. The Bertz CT molecular complexity index is 302. The lowest BCUT2D eigenvalue weighted by Crippen LogP contribution is -2.40. The van der Waals surface area contributed by atoms with Crippen LogP contribution in [0.15, 0.2) is 30.3 Å². The predicted octanol–water partition coefficient (Wildman–Crippen LogP) is 1.10. The van der Waals surface area contributed by atoms with Crippen molar-refractivity contribution < 1.29 is 9.84 Å². The van der Waals surface area contributed by atoms with Crippen LogP contribution in [0.2, 0.25) is 0 Å². The van der Waals surface area contributed by atoms with E-state index in [1.165, 1.54) is 5.56 Å². The highest BCUT2D eigenvalue weighted by Gasteiger charge is 2.27. The largest absolute Gasteiger partial charge is 0.389 e. The fraction of sp³-hybridized carbons (Fsp3) is 0.500. The molecule has 0 saturated carbocycles. The van der Waals surface area contributed by atoms with Crippen LogP contribution < -0.4 is 5.32 Å². The van der Waals surface area contributed by atoms with Gasteiger partial charge in [0.15, 0.2) is 0 Å². The number of ether oxygens (including phenoxy) is 1. The van der Waals surface area contributed by atoms with Gasteiger partial charge in [-0.25, -0.2) is 0 Å². The summed E-state index contributed by atoms with van der Waals surface area (Å²) < 4.78 is 5.19. The molecule has 15 heavy (non-hydrogen) atoms. The summed E-state index contributed by atoms with van der Waals surface area (Å²) in [6.45, 7) is 3.14. The van der Waals surface area contributed by atoms with E-state index < -0.39 is 0 Å². The van der Waals surface area contributed by atoms with Crippen molar-refractivity contribution in [2.45, 2.75) is 25.1 Å². The van der Waals surface area contributed by atoms with Gasteiger partial charge in [0.25, 0.3) is 0 Å². The van der Waals surface area contributed by atoms with Gasteiger partial charge < -0.3 is 15.2 Å². The summed E-state index contributed by atoms with van der Waals surface area (Å²) in [5.74, 6) is 0. The van der Waals surface area contributed by atoms with Crippen LogP contribution in [0, 0.1) is 0 Å². The first-order valence-electron chi connectivity index (χ1n) is 5.34. The molecule has 1 saturated heterocycles. The molecule has 1 aliphatic heterocycles. The Hall–Kier alpha value is -0.900. The summed E-state index contributed by atoms with van der Waals surface area (Å²) in [4.78, 5) is 0. The lowest BCUT2D eigenvalue weighted by molar-refractivity contribution is 0.121. The zero-order chi connectivity index (χ0) is 10.7. The minimum absolute atomic E-state index is 0.0557. The first-order chi connectivity index (χ1) is 7.27. The summed E-state index contributed by atoms with van der Waals surface area (Å²) in [5, 5.41) is 13.0. The number of aliphatic hydroxyl groups excluding tert-OH is 1. The van der Waals surface area contributed by atoms with Crippen molar-refractivity contribution in [2.24, 2.45) is 0 Å². The molecule has 2 rings (SSSR count). The average molecular weight is 207 g/mol. The van der Waals surface area contributed by atoms with E-state index in [1.54, 1.807) is 0 Å². The third-order valence-electron chi connectivity index (χ3n) is 2.81. The van der Waals surface area contributed by atoms with E-state index in [-0.39, 0.29) is 18.2 Å². The van der Waals surface area contributed by atoms with Crippen LogP contribution >= 0.6 is 0 Å². The molecule has 1 aromatic rings. The SMILES string of the molecule is C[C@@H](NC1COCC1O)c1ccccc1. The maximum absolute atomic E-state index is 9.60. The van der Waals surface area contributed by atoms with Crippen LogP contribution in [0.1, 0.15) is 18.5 Å². The number of nitrogens with one attached hydrogen (secondary N) is 1. The van der Waals surface area contributed by atoms with Crippen LogP contribution in [0.5, 0.6) is 0 Å². The second-order valence-corrected chi connectivity index (χ2v) is 4.01. The molecular weight excluding hydrogens is 190 g/mol. The summed E-state index contributed by atoms with van der Waals surface area (Å²) in [5.41, 5.74) is 1.23. The third-order valence-corrected chi connectivity index (χ3v) is 2.81. The number of hydrogen-bond donors (Lipinski definition) is 2. The Morgan fingerprint density at radius 3 is 2.67 bits per heavy atom. The Morgan fingerprint density at radius 1 is 1.33 bits per heavy atom. The zero-order valence-electron chi connectivity index (χ0n) is 8.89. The molecule has 0 aliphatic carbocycles. The predicted molar refractivity (Wildman–Crippen MR) is 58.6 cm³/mol. The standard InChI is InChI=1S/C12H17NO2/c1-9(10-5-3-2-4-6-10)13-11-7-15-8-12(11)14/h2-6,9,11-14H,7-8H2,1H3/t9-,11?,12?/m1/s1.